The Hall–Kier alpha value is -2.27. The molecule has 24 heavy (non-hydrogen) atoms. The summed E-state index contributed by atoms with van der Waals surface area (Å²) in [6.45, 7) is 3.81. The summed E-state index contributed by atoms with van der Waals surface area (Å²) in [6, 6.07) is 3.65. The topological polar surface area (TPSA) is 120 Å². The van der Waals surface area contributed by atoms with Crippen LogP contribution in [0.4, 0.5) is 5.95 Å². The number of hydrogen-bond donors (Lipinski definition) is 2. The normalized spacial score (nSPS) is 10.8. The van der Waals surface area contributed by atoms with Crippen LogP contribution in [-0.2, 0) is 11.3 Å². The number of anilines is 1. The largest absolute Gasteiger partial charge is 0.488 e. The third kappa shape index (κ3) is 4.86. The van der Waals surface area contributed by atoms with Crippen LogP contribution in [-0.4, -0.2) is 38.9 Å². The number of benzene rings is 1. The van der Waals surface area contributed by atoms with Crippen LogP contribution >= 0.6 is 31.9 Å². The lowest BCUT2D eigenvalue weighted by molar-refractivity contribution is -0.121. The van der Waals surface area contributed by atoms with Crippen LogP contribution in [0.5, 0.6) is 5.75 Å². The number of halogens is 2. The molecule has 0 unspecified atom stereocenters. The molecule has 1 aromatic carbocycles. The van der Waals surface area contributed by atoms with Crippen LogP contribution < -0.4 is 15.9 Å². The number of hydrogen-bond acceptors (Lipinski definition) is 7. The van der Waals surface area contributed by atoms with Gasteiger partial charge in [-0.2, -0.15) is 5.10 Å². The SMILES string of the molecule is C=CCOc1c(Br)cc(Br)cc1/C=N/NC(=O)Cn1nnnc1N. The fourth-order valence-electron chi connectivity index (χ4n) is 1.64. The molecule has 126 valence electrons. The molecule has 0 radical (unpaired) electrons. The molecule has 0 aliphatic carbocycles. The van der Waals surface area contributed by atoms with Gasteiger partial charge in [0, 0.05) is 10.0 Å². The van der Waals surface area contributed by atoms with Crippen molar-refractivity contribution >= 4 is 49.9 Å². The maximum absolute atomic E-state index is 11.8. The lowest BCUT2D eigenvalue weighted by Gasteiger charge is -2.10. The van der Waals surface area contributed by atoms with Crippen LogP contribution in [0.3, 0.4) is 0 Å². The Bertz CT molecular complexity index is 776. The minimum absolute atomic E-state index is 0.0464. The van der Waals surface area contributed by atoms with Gasteiger partial charge in [0.1, 0.15) is 18.9 Å². The van der Waals surface area contributed by atoms with Crippen molar-refractivity contribution in [3.8, 4) is 5.75 Å². The molecule has 1 heterocycles. The second kappa shape index (κ2) is 8.55. The summed E-state index contributed by atoms with van der Waals surface area (Å²) in [6.07, 6.45) is 3.10. The molecule has 0 spiro atoms. The molecule has 0 bridgehead atoms. The minimum atomic E-state index is -0.423. The van der Waals surface area contributed by atoms with Gasteiger partial charge < -0.3 is 10.5 Å². The van der Waals surface area contributed by atoms with E-state index in [0.29, 0.717) is 17.9 Å². The number of nitrogen functional groups attached to an aromatic ring is 1. The van der Waals surface area contributed by atoms with Crippen molar-refractivity contribution in [2.24, 2.45) is 5.10 Å². The van der Waals surface area contributed by atoms with Crippen molar-refractivity contribution < 1.29 is 9.53 Å². The van der Waals surface area contributed by atoms with E-state index in [1.165, 1.54) is 6.21 Å². The molecule has 11 heteroatoms. The second-order valence-electron chi connectivity index (χ2n) is 4.39. The van der Waals surface area contributed by atoms with E-state index >= 15 is 0 Å². The van der Waals surface area contributed by atoms with E-state index in [2.05, 4.69) is 64.5 Å². The molecule has 0 atom stereocenters. The highest BCUT2D eigenvalue weighted by Crippen LogP contribution is 2.32. The zero-order valence-electron chi connectivity index (χ0n) is 12.3. The third-order valence-electron chi connectivity index (χ3n) is 2.63. The van der Waals surface area contributed by atoms with E-state index in [9.17, 15) is 4.79 Å². The van der Waals surface area contributed by atoms with Crippen molar-refractivity contribution in [3.63, 3.8) is 0 Å². The second-order valence-corrected chi connectivity index (χ2v) is 6.16. The minimum Gasteiger partial charge on any atom is -0.488 e. The molecule has 0 aliphatic rings. The number of tetrazole rings is 1. The first-order valence-electron chi connectivity index (χ1n) is 6.57. The Labute approximate surface area is 154 Å². The van der Waals surface area contributed by atoms with Gasteiger partial charge in [-0.3, -0.25) is 4.79 Å². The Morgan fingerprint density at radius 3 is 2.96 bits per heavy atom. The number of amides is 1. The number of carbonyl (C=O) groups is 1. The maximum atomic E-state index is 11.8. The summed E-state index contributed by atoms with van der Waals surface area (Å²) in [5.74, 6) is 0.207. The van der Waals surface area contributed by atoms with Crippen molar-refractivity contribution in [2.45, 2.75) is 6.54 Å². The van der Waals surface area contributed by atoms with Crippen LogP contribution in [0.2, 0.25) is 0 Å². The maximum Gasteiger partial charge on any atom is 0.261 e. The molecule has 0 saturated heterocycles. The van der Waals surface area contributed by atoms with Crippen molar-refractivity contribution in [1.82, 2.24) is 25.6 Å². The zero-order chi connectivity index (χ0) is 17.5. The Balaban J connectivity index is 2.06. The van der Waals surface area contributed by atoms with Gasteiger partial charge >= 0.3 is 0 Å². The van der Waals surface area contributed by atoms with Crippen LogP contribution in [0.25, 0.3) is 0 Å². The first-order valence-corrected chi connectivity index (χ1v) is 8.16. The number of nitrogens with two attached hydrogens (primary N) is 1. The summed E-state index contributed by atoms with van der Waals surface area (Å²) < 4.78 is 8.32. The van der Waals surface area contributed by atoms with Crippen LogP contribution in [0, 0.1) is 0 Å². The number of nitrogens with zero attached hydrogens (tertiary/aromatic N) is 5. The van der Waals surface area contributed by atoms with Gasteiger partial charge in [-0.05, 0) is 38.5 Å². The van der Waals surface area contributed by atoms with Crippen molar-refractivity contribution in [2.75, 3.05) is 12.3 Å². The first-order chi connectivity index (χ1) is 11.5. The van der Waals surface area contributed by atoms with Gasteiger partial charge in [0.05, 0.1) is 10.7 Å². The molecule has 2 aromatic rings. The zero-order valence-corrected chi connectivity index (χ0v) is 15.5. The fourth-order valence-corrected chi connectivity index (χ4v) is 3.01. The van der Waals surface area contributed by atoms with E-state index in [-0.39, 0.29) is 12.5 Å². The lowest BCUT2D eigenvalue weighted by atomic mass is 10.2. The van der Waals surface area contributed by atoms with Crippen LogP contribution in [0.15, 0.2) is 38.8 Å². The van der Waals surface area contributed by atoms with Gasteiger partial charge in [-0.25, -0.2) is 10.1 Å². The lowest BCUT2D eigenvalue weighted by Crippen LogP contribution is -2.24. The number of rotatable bonds is 7. The average Bonchev–Trinajstić information content (AvgIpc) is 2.91. The number of ether oxygens (including phenoxy) is 1. The highest BCUT2D eigenvalue weighted by Gasteiger charge is 2.10. The number of aromatic nitrogens is 4. The molecular formula is C13H13Br2N7O2. The highest BCUT2D eigenvalue weighted by molar-refractivity contribution is 9.11. The predicted octanol–water partition coefficient (Wildman–Crippen LogP) is 1.50. The molecule has 0 saturated carbocycles. The van der Waals surface area contributed by atoms with Crippen molar-refractivity contribution in [1.29, 1.82) is 0 Å². The van der Waals surface area contributed by atoms with E-state index in [1.807, 2.05) is 6.07 Å². The summed E-state index contributed by atoms with van der Waals surface area (Å²) in [7, 11) is 0. The fraction of sp³-hybridized carbons (Fsp3) is 0.154. The monoisotopic (exact) mass is 457 g/mol. The van der Waals surface area contributed by atoms with Gasteiger partial charge in [-0.15, -0.1) is 0 Å². The summed E-state index contributed by atoms with van der Waals surface area (Å²) in [4.78, 5) is 11.8. The Morgan fingerprint density at radius 2 is 2.29 bits per heavy atom. The number of hydrazone groups is 1. The average molecular weight is 459 g/mol. The van der Waals surface area contributed by atoms with E-state index in [1.54, 1.807) is 12.1 Å². The van der Waals surface area contributed by atoms with Crippen LogP contribution in [0.1, 0.15) is 5.56 Å². The van der Waals surface area contributed by atoms with Crippen molar-refractivity contribution in [3.05, 3.63) is 39.3 Å². The molecule has 0 aliphatic heterocycles. The van der Waals surface area contributed by atoms with E-state index in [4.69, 9.17) is 10.5 Å². The van der Waals surface area contributed by atoms with Gasteiger partial charge in [-0.1, -0.05) is 33.7 Å². The van der Waals surface area contributed by atoms with E-state index in [0.717, 1.165) is 13.6 Å². The summed E-state index contributed by atoms with van der Waals surface area (Å²) >= 11 is 6.81. The first kappa shape index (κ1) is 18.1. The Morgan fingerprint density at radius 1 is 1.50 bits per heavy atom. The standard InChI is InChI=1S/C13H13Br2N7O2/c1-2-3-24-12-8(4-9(14)5-10(12)15)6-17-18-11(23)7-22-13(16)19-20-21-22/h2,4-6H,1,3,7H2,(H,18,23)(H2,16,19,21)/b17-6+. The third-order valence-corrected chi connectivity index (χ3v) is 3.68. The van der Waals surface area contributed by atoms with Gasteiger partial charge in [0.15, 0.2) is 0 Å². The van der Waals surface area contributed by atoms with Gasteiger partial charge in [0.2, 0.25) is 5.95 Å². The highest BCUT2D eigenvalue weighted by atomic mass is 79.9. The predicted molar refractivity (Wildman–Crippen MR) is 95.5 cm³/mol. The smallest absolute Gasteiger partial charge is 0.261 e. The number of carbonyl (C=O) groups excluding carboxylic acids is 1. The Kier molecular flexibility index (Phi) is 6.44. The summed E-state index contributed by atoms with van der Waals surface area (Å²) in [5, 5.41) is 14.3. The molecule has 9 nitrogen and oxygen atoms in total. The molecule has 1 aromatic heterocycles. The van der Waals surface area contributed by atoms with Gasteiger partial charge in [0.25, 0.3) is 5.91 Å². The number of nitrogens with one attached hydrogen (secondary N) is 1. The molecule has 2 rings (SSSR count). The molecule has 3 N–H and O–H groups in total. The molecular weight excluding hydrogens is 446 g/mol. The quantitative estimate of drug-likeness (QED) is 0.368. The summed E-state index contributed by atoms with van der Waals surface area (Å²) in [5.41, 5.74) is 8.52. The molecule has 0 fully saturated rings. The van der Waals surface area contributed by atoms with E-state index < -0.39 is 5.91 Å². The molecule has 1 amide bonds.